The molecule has 1 aromatic carbocycles. The number of fused-ring (bicyclic) bond motifs is 1. The molecule has 0 amide bonds. The minimum absolute atomic E-state index is 0.239. The van der Waals surface area contributed by atoms with Crippen LogP contribution in [0.4, 0.5) is 5.69 Å². The van der Waals surface area contributed by atoms with Crippen LogP contribution in [0.15, 0.2) is 17.0 Å². The highest BCUT2D eigenvalue weighted by Crippen LogP contribution is 2.43. The first-order valence-electron chi connectivity index (χ1n) is 5.66. The molecule has 3 heteroatoms. The Morgan fingerprint density at radius 2 is 2.06 bits per heavy atom. The van der Waals surface area contributed by atoms with Crippen LogP contribution in [-0.2, 0) is 0 Å². The molecule has 2 nitrogen and oxygen atoms in total. The number of hydrogen-bond donors (Lipinski definition) is 1. The number of nitrogens with zero attached hydrogens (tertiary/aromatic N) is 1. The standard InChI is InChI=1S/C13H19NOS/c1-8-5-9(2)13-11(6-8)16-12(7-15)10(3)14(13)4/h5-6,10,12,15H,7H2,1-4H3. The monoisotopic (exact) mass is 237 g/mol. The van der Waals surface area contributed by atoms with Crippen molar-refractivity contribution in [2.75, 3.05) is 18.6 Å². The predicted molar refractivity (Wildman–Crippen MR) is 70.5 cm³/mol. The second-order valence-electron chi connectivity index (χ2n) is 4.62. The Balaban J connectivity index is 2.50. The molecule has 0 bridgehead atoms. The van der Waals surface area contributed by atoms with Crippen molar-refractivity contribution >= 4 is 17.4 Å². The van der Waals surface area contributed by atoms with Crippen LogP contribution in [0.5, 0.6) is 0 Å². The molecule has 0 saturated heterocycles. The van der Waals surface area contributed by atoms with Crippen LogP contribution in [0.2, 0.25) is 0 Å². The van der Waals surface area contributed by atoms with Crippen molar-refractivity contribution < 1.29 is 5.11 Å². The minimum Gasteiger partial charge on any atom is -0.395 e. The first-order chi connectivity index (χ1) is 7.54. The molecule has 0 spiro atoms. The molecule has 1 N–H and O–H groups in total. The lowest BCUT2D eigenvalue weighted by molar-refractivity contribution is 0.282. The number of thioether (sulfide) groups is 1. The fourth-order valence-corrected chi connectivity index (χ4v) is 3.82. The zero-order valence-corrected chi connectivity index (χ0v) is 11.1. The average Bonchev–Trinajstić information content (AvgIpc) is 2.22. The van der Waals surface area contributed by atoms with Crippen LogP contribution in [0.1, 0.15) is 18.1 Å². The maximum Gasteiger partial charge on any atom is 0.0573 e. The average molecular weight is 237 g/mol. The summed E-state index contributed by atoms with van der Waals surface area (Å²) < 4.78 is 0. The predicted octanol–water partition coefficient (Wildman–Crippen LogP) is 2.59. The molecule has 0 fully saturated rings. The van der Waals surface area contributed by atoms with Crippen LogP contribution >= 0.6 is 11.8 Å². The van der Waals surface area contributed by atoms with Gasteiger partial charge >= 0.3 is 0 Å². The van der Waals surface area contributed by atoms with E-state index >= 15 is 0 Å². The number of rotatable bonds is 1. The van der Waals surface area contributed by atoms with Crippen molar-refractivity contribution in [2.24, 2.45) is 0 Å². The topological polar surface area (TPSA) is 23.5 Å². The molecule has 2 atom stereocenters. The van der Waals surface area contributed by atoms with Crippen molar-refractivity contribution in [3.8, 4) is 0 Å². The minimum atomic E-state index is 0.239. The van der Waals surface area contributed by atoms with Gasteiger partial charge in [-0.25, -0.2) is 0 Å². The summed E-state index contributed by atoms with van der Waals surface area (Å²) in [7, 11) is 2.12. The maximum atomic E-state index is 9.40. The van der Waals surface area contributed by atoms with Gasteiger partial charge in [-0.1, -0.05) is 6.07 Å². The molecular formula is C13H19NOS. The summed E-state index contributed by atoms with van der Waals surface area (Å²) in [5, 5.41) is 9.67. The number of aliphatic hydroxyl groups is 1. The Labute approximate surface area is 102 Å². The van der Waals surface area contributed by atoms with Crippen LogP contribution in [-0.4, -0.2) is 30.1 Å². The van der Waals surface area contributed by atoms with Crippen LogP contribution in [0, 0.1) is 13.8 Å². The Kier molecular flexibility index (Phi) is 3.17. The molecule has 0 radical (unpaired) electrons. The van der Waals surface area contributed by atoms with Gasteiger partial charge in [0.2, 0.25) is 0 Å². The van der Waals surface area contributed by atoms with E-state index in [1.165, 1.54) is 21.7 Å². The zero-order chi connectivity index (χ0) is 11.9. The van der Waals surface area contributed by atoms with Crippen LogP contribution < -0.4 is 4.90 Å². The van der Waals surface area contributed by atoms with Crippen molar-refractivity contribution in [1.82, 2.24) is 0 Å². The highest BCUT2D eigenvalue weighted by molar-refractivity contribution is 8.00. The summed E-state index contributed by atoms with van der Waals surface area (Å²) in [4.78, 5) is 3.60. The lowest BCUT2D eigenvalue weighted by Crippen LogP contribution is -2.42. The van der Waals surface area contributed by atoms with E-state index in [9.17, 15) is 5.11 Å². The molecule has 1 heterocycles. The molecule has 1 aromatic rings. The summed E-state index contributed by atoms with van der Waals surface area (Å²) in [5.74, 6) is 0. The second-order valence-corrected chi connectivity index (χ2v) is 5.90. The third kappa shape index (κ3) is 1.82. The van der Waals surface area contributed by atoms with Crippen molar-refractivity contribution in [2.45, 2.75) is 37.0 Å². The summed E-state index contributed by atoms with van der Waals surface area (Å²) in [6.07, 6.45) is 0. The highest BCUT2D eigenvalue weighted by Gasteiger charge is 2.30. The smallest absolute Gasteiger partial charge is 0.0573 e. The first kappa shape index (κ1) is 11.8. The van der Waals surface area contributed by atoms with E-state index in [0.717, 1.165) is 0 Å². The molecule has 0 saturated carbocycles. The van der Waals surface area contributed by atoms with Gasteiger partial charge in [0, 0.05) is 18.0 Å². The molecule has 88 valence electrons. The Morgan fingerprint density at radius 1 is 1.38 bits per heavy atom. The van der Waals surface area contributed by atoms with E-state index in [1.807, 2.05) is 0 Å². The summed E-state index contributed by atoms with van der Waals surface area (Å²) in [6.45, 7) is 6.70. The normalized spacial score (nSPS) is 24.4. The van der Waals surface area contributed by atoms with Crippen molar-refractivity contribution in [3.63, 3.8) is 0 Å². The number of anilines is 1. The molecule has 1 aliphatic heterocycles. The number of aliphatic hydroxyl groups excluding tert-OH is 1. The molecule has 2 unspecified atom stereocenters. The first-order valence-corrected chi connectivity index (χ1v) is 6.54. The zero-order valence-electron chi connectivity index (χ0n) is 10.3. The fraction of sp³-hybridized carbons (Fsp3) is 0.538. The highest BCUT2D eigenvalue weighted by atomic mass is 32.2. The Hall–Kier alpha value is -0.670. The molecular weight excluding hydrogens is 218 g/mol. The van der Waals surface area contributed by atoms with Crippen molar-refractivity contribution in [1.29, 1.82) is 0 Å². The maximum absolute atomic E-state index is 9.40. The number of hydrogen-bond acceptors (Lipinski definition) is 3. The van der Waals surface area contributed by atoms with Gasteiger partial charge < -0.3 is 10.0 Å². The van der Waals surface area contributed by atoms with Gasteiger partial charge in [0.05, 0.1) is 17.5 Å². The van der Waals surface area contributed by atoms with E-state index in [0.29, 0.717) is 6.04 Å². The Morgan fingerprint density at radius 3 is 2.69 bits per heavy atom. The van der Waals surface area contributed by atoms with E-state index in [1.54, 1.807) is 11.8 Å². The van der Waals surface area contributed by atoms with Gasteiger partial charge in [-0.15, -0.1) is 11.8 Å². The number of aryl methyl sites for hydroxylation is 2. The van der Waals surface area contributed by atoms with E-state index in [2.05, 4.69) is 44.9 Å². The van der Waals surface area contributed by atoms with Gasteiger partial charge in [-0.05, 0) is 38.0 Å². The van der Waals surface area contributed by atoms with Gasteiger partial charge in [0.1, 0.15) is 0 Å². The van der Waals surface area contributed by atoms with Gasteiger partial charge in [-0.2, -0.15) is 0 Å². The van der Waals surface area contributed by atoms with Crippen LogP contribution in [0.3, 0.4) is 0 Å². The van der Waals surface area contributed by atoms with E-state index in [-0.39, 0.29) is 11.9 Å². The quantitative estimate of drug-likeness (QED) is 0.812. The second kappa shape index (κ2) is 4.30. The SMILES string of the molecule is Cc1cc(C)c2c(c1)SC(CO)C(C)N2C. The van der Waals surface area contributed by atoms with Gasteiger partial charge in [0.25, 0.3) is 0 Å². The molecule has 16 heavy (non-hydrogen) atoms. The Bertz CT molecular complexity index is 405. The molecule has 0 aromatic heterocycles. The molecule has 2 rings (SSSR count). The summed E-state index contributed by atoms with van der Waals surface area (Å²) in [6, 6.07) is 4.82. The lowest BCUT2D eigenvalue weighted by Gasteiger charge is -2.39. The number of benzene rings is 1. The van der Waals surface area contributed by atoms with Gasteiger partial charge in [0.15, 0.2) is 0 Å². The summed E-state index contributed by atoms with van der Waals surface area (Å²) >= 11 is 1.81. The van der Waals surface area contributed by atoms with Crippen molar-refractivity contribution in [3.05, 3.63) is 23.3 Å². The van der Waals surface area contributed by atoms with Gasteiger partial charge in [-0.3, -0.25) is 0 Å². The largest absolute Gasteiger partial charge is 0.395 e. The van der Waals surface area contributed by atoms with E-state index < -0.39 is 0 Å². The van der Waals surface area contributed by atoms with Crippen LogP contribution in [0.25, 0.3) is 0 Å². The third-order valence-electron chi connectivity index (χ3n) is 3.37. The fourth-order valence-electron chi connectivity index (χ4n) is 2.37. The molecule has 0 aliphatic carbocycles. The third-order valence-corrected chi connectivity index (χ3v) is 4.78. The lowest BCUT2D eigenvalue weighted by atomic mass is 10.1. The summed E-state index contributed by atoms with van der Waals surface area (Å²) in [5.41, 5.74) is 3.95. The molecule has 1 aliphatic rings. The van der Waals surface area contributed by atoms with E-state index in [4.69, 9.17) is 0 Å².